The van der Waals surface area contributed by atoms with Crippen molar-refractivity contribution in [3.63, 3.8) is 0 Å². The van der Waals surface area contributed by atoms with Crippen molar-refractivity contribution in [3.05, 3.63) is 70.3 Å². The largest absolute Gasteiger partial charge is 0.449 e. The quantitative estimate of drug-likeness (QED) is 0.846. The number of carbonyl (C=O) groups excluding carboxylic acids is 2. The number of hydrogen-bond donors (Lipinski definition) is 1. The van der Waals surface area contributed by atoms with Crippen LogP contribution in [-0.4, -0.2) is 18.0 Å². The molecule has 0 bridgehead atoms. The fourth-order valence-corrected chi connectivity index (χ4v) is 3.34. The monoisotopic (exact) mass is 351 g/mol. The molecule has 26 heavy (non-hydrogen) atoms. The third-order valence-electron chi connectivity index (χ3n) is 5.08. The van der Waals surface area contributed by atoms with Crippen LogP contribution in [0.25, 0.3) is 0 Å². The molecule has 0 saturated heterocycles. The normalized spacial score (nSPS) is 17.1. The Labute approximate surface area is 154 Å². The van der Waals surface area contributed by atoms with Gasteiger partial charge in [-0.1, -0.05) is 30.3 Å². The molecule has 1 amide bonds. The summed E-state index contributed by atoms with van der Waals surface area (Å²) >= 11 is 0. The smallest absolute Gasteiger partial charge is 0.338 e. The van der Waals surface area contributed by atoms with Crippen LogP contribution in [-0.2, 0) is 16.0 Å². The average molecular weight is 351 g/mol. The van der Waals surface area contributed by atoms with Crippen molar-refractivity contribution < 1.29 is 14.3 Å². The van der Waals surface area contributed by atoms with Crippen LogP contribution in [0.3, 0.4) is 0 Å². The molecule has 3 rings (SSSR count). The molecule has 0 spiro atoms. The van der Waals surface area contributed by atoms with Crippen molar-refractivity contribution in [2.24, 2.45) is 0 Å². The van der Waals surface area contributed by atoms with Gasteiger partial charge < -0.3 is 10.1 Å². The number of fused-ring (bicyclic) bond motifs is 1. The molecule has 2 aromatic carbocycles. The minimum absolute atomic E-state index is 0.0183. The predicted octanol–water partition coefficient (Wildman–Crippen LogP) is 4.04. The van der Waals surface area contributed by atoms with E-state index < -0.39 is 12.1 Å². The van der Waals surface area contributed by atoms with Gasteiger partial charge in [0.25, 0.3) is 5.91 Å². The zero-order valence-electron chi connectivity index (χ0n) is 15.5. The van der Waals surface area contributed by atoms with Crippen molar-refractivity contribution in [3.8, 4) is 0 Å². The molecule has 0 saturated carbocycles. The van der Waals surface area contributed by atoms with Gasteiger partial charge in [-0.05, 0) is 74.4 Å². The first-order valence-electron chi connectivity index (χ1n) is 9.12. The minimum atomic E-state index is -0.835. The number of carbonyl (C=O) groups is 2. The van der Waals surface area contributed by atoms with Gasteiger partial charge in [0.15, 0.2) is 6.10 Å². The number of rotatable bonds is 4. The second kappa shape index (κ2) is 7.73. The summed E-state index contributed by atoms with van der Waals surface area (Å²) in [5.41, 5.74) is 5.05. The molecule has 1 aliphatic rings. The summed E-state index contributed by atoms with van der Waals surface area (Å²) in [5, 5.41) is 3.04. The Morgan fingerprint density at radius 1 is 1.12 bits per heavy atom. The molecule has 0 heterocycles. The van der Waals surface area contributed by atoms with E-state index in [0.29, 0.717) is 5.56 Å². The van der Waals surface area contributed by atoms with Gasteiger partial charge in [0.1, 0.15) is 0 Å². The van der Waals surface area contributed by atoms with Gasteiger partial charge in [-0.2, -0.15) is 0 Å². The average Bonchev–Trinajstić information content (AvgIpc) is 2.64. The van der Waals surface area contributed by atoms with Crippen molar-refractivity contribution in [1.29, 1.82) is 0 Å². The molecule has 0 aromatic heterocycles. The highest BCUT2D eigenvalue weighted by Gasteiger charge is 2.25. The van der Waals surface area contributed by atoms with E-state index in [1.807, 2.05) is 32.0 Å². The lowest BCUT2D eigenvalue weighted by molar-refractivity contribution is -0.130. The van der Waals surface area contributed by atoms with Gasteiger partial charge in [0.2, 0.25) is 0 Å². The van der Waals surface area contributed by atoms with E-state index in [0.717, 1.165) is 30.4 Å². The molecule has 1 aliphatic carbocycles. The van der Waals surface area contributed by atoms with Crippen molar-refractivity contribution in [1.82, 2.24) is 5.32 Å². The Morgan fingerprint density at radius 2 is 1.88 bits per heavy atom. The van der Waals surface area contributed by atoms with E-state index in [1.165, 1.54) is 11.1 Å². The molecule has 136 valence electrons. The number of esters is 1. The lowest BCUT2D eigenvalue weighted by Crippen LogP contribution is -2.39. The highest BCUT2D eigenvalue weighted by atomic mass is 16.5. The van der Waals surface area contributed by atoms with E-state index in [-0.39, 0.29) is 11.9 Å². The number of amides is 1. The Morgan fingerprint density at radius 3 is 2.65 bits per heavy atom. The number of benzene rings is 2. The highest BCUT2D eigenvalue weighted by molar-refractivity contribution is 5.92. The molecular formula is C22H25NO3. The number of hydrogen-bond acceptors (Lipinski definition) is 3. The third kappa shape index (κ3) is 3.96. The molecule has 4 nitrogen and oxygen atoms in total. The minimum Gasteiger partial charge on any atom is -0.449 e. The predicted molar refractivity (Wildman–Crippen MR) is 101 cm³/mol. The van der Waals surface area contributed by atoms with Gasteiger partial charge in [0, 0.05) is 0 Å². The highest BCUT2D eigenvalue weighted by Crippen LogP contribution is 2.29. The fourth-order valence-electron chi connectivity index (χ4n) is 3.34. The summed E-state index contributed by atoms with van der Waals surface area (Å²) < 4.78 is 5.37. The summed E-state index contributed by atoms with van der Waals surface area (Å²) in [6.45, 7) is 5.55. The van der Waals surface area contributed by atoms with Crippen LogP contribution in [0.1, 0.15) is 58.4 Å². The Kier molecular flexibility index (Phi) is 5.40. The molecular weight excluding hydrogens is 326 g/mol. The number of ether oxygens (including phenoxy) is 1. The van der Waals surface area contributed by atoms with Crippen molar-refractivity contribution in [2.45, 2.75) is 52.2 Å². The van der Waals surface area contributed by atoms with Crippen LogP contribution in [0.15, 0.2) is 42.5 Å². The van der Waals surface area contributed by atoms with E-state index in [1.54, 1.807) is 19.1 Å². The van der Waals surface area contributed by atoms with Crippen LogP contribution >= 0.6 is 0 Å². The van der Waals surface area contributed by atoms with Crippen LogP contribution in [0, 0.1) is 13.8 Å². The van der Waals surface area contributed by atoms with Crippen LogP contribution in [0.5, 0.6) is 0 Å². The SMILES string of the molecule is Cc1ccc(C(=O)O[C@@H](C)C(=O)N[C@H]2CCCc3ccccc32)cc1C. The summed E-state index contributed by atoms with van der Waals surface area (Å²) in [5.74, 6) is -0.733. The summed E-state index contributed by atoms with van der Waals surface area (Å²) in [7, 11) is 0. The molecule has 0 radical (unpaired) electrons. The van der Waals surface area contributed by atoms with E-state index >= 15 is 0 Å². The second-order valence-electron chi connectivity index (χ2n) is 7.00. The van der Waals surface area contributed by atoms with Gasteiger partial charge in [-0.25, -0.2) is 4.79 Å². The van der Waals surface area contributed by atoms with E-state index in [9.17, 15) is 9.59 Å². The maximum atomic E-state index is 12.5. The van der Waals surface area contributed by atoms with Crippen LogP contribution in [0.2, 0.25) is 0 Å². The topological polar surface area (TPSA) is 55.4 Å². The molecule has 2 atom stereocenters. The van der Waals surface area contributed by atoms with Crippen LogP contribution < -0.4 is 5.32 Å². The van der Waals surface area contributed by atoms with Gasteiger partial charge >= 0.3 is 5.97 Å². The number of nitrogens with one attached hydrogen (secondary N) is 1. The van der Waals surface area contributed by atoms with E-state index in [2.05, 4.69) is 17.4 Å². The fraction of sp³-hybridized carbons (Fsp3) is 0.364. The zero-order chi connectivity index (χ0) is 18.7. The standard InChI is InChI=1S/C22H25NO3/c1-14-11-12-18(13-15(14)2)22(25)26-16(3)21(24)23-20-10-6-8-17-7-4-5-9-19(17)20/h4-5,7,9,11-13,16,20H,6,8,10H2,1-3H3,(H,23,24)/t16-,20-/m0/s1. The Bertz CT molecular complexity index is 828. The molecule has 0 fully saturated rings. The van der Waals surface area contributed by atoms with Gasteiger partial charge in [0.05, 0.1) is 11.6 Å². The first kappa shape index (κ1) is 18.2. The lowest BCUT2D eigenvalue weighted by atomic mass is 9.87. The van der Waals surface area contributed by atoms with Crippen LogP contribution in [0.4, 0.5) is 0 Å². The Hall–Kier alpha value is -2.62. The molecule has 4 heteroatoms. The first-order chi connectivity index (χ1) is 12.5. The van der Waals surface area contributed by atoms with Gasteiger partial charge in [-0.3, -0.25) is 4.79 Å². The molecule has 0 aliphatic heterocycles. The second-order valence-corrected chi connectivity index (χ2v) is 7.00. The first-order valence-corrected chi connectivity index (χ1v) is 9.12. The third-order valence-corrected chi connectivity index (χ3v) is 5.08. The maximum absolute atomic E-state index is 12.5. The summed E-state index contributed by atoms with van der Waals surface area (Å²) in [4.78, 5) is 24.8. The Balaban J connectivity index is 1.63. The zero-order valence-corrected chi connectivity index (χ0v) is 15.5. The lowest BCUT2D eigenvalue weighted by Gasteiger charge is -2.27. The molecule has 0 unspecified atom stereocenters. The molecule has 2 aromatic rings. The summed E-state index contributed by atoms with van der Waals surface area (Å²) in [6, 6.07) is 13.6. The van der Waals surface area contributed by atoms with E-state index in [4.69, 9.17) is 4.74 Å². The van der Waals surface area contributed by atoms with Crippen molar-refractivity contribution in [2.75, 3.05) is 0 Å². The molecule has 1 N–H and O–H groups in total. The van der Waals surface area contributed by atoms with Gasteiger partial charge in [-0.15, -0.1) is 0 Å². The maximum Gasteiger partial charge on any atom is 0.338 e. The number of aryl methyl sites for hydroxylation is 3. The van der Waals surface area contributed by atoms with Crippen molar-refractivity contribution >= 4 is 11.9 Å². The summed E-state index contributed by atoms with van der Waals surface area (Å²) in [6.07, 6.45) is 2.15.